The number of hydrogen-bond acceptors (Lipinski definition) is 4. The van der Waals surface area contributed by atoms with Gasteiger partial charge >= 0.3 is 0 Å². The second-order valence-corrected chi connectivity index (χ2v) is 6.76. The van der Waals surface area contributed by atoms with Gasteiger partial charge in [0.25, 0.3) is 0 Å². The van der Waals surface area contributed by atoms with Crippen LogP contribution in [-0.4, -0.2) is 4.98 Å². The van der Waals surface area contributed by atoms with Crippen molar-refractivity contribution in [1.29, 1.82) is 0 Å². The second kappa shape index (κ2) is 5.96. The lowest BCUT2D eigenvalue weighted by molar-refractivity contribution is 0.587. The lowest BCUT2D eigenvalue weighted by Crippen LogP contribution is -2.16. The highest BCUT2D eigenvalue weighted by Crippen LogP contribution is 2.27. The van der Waals surface area contributed by atoms with Crippen LogP contribution in [0.1, 0.15) is 34.7 Å². The topological polar surface area (TPSA) is 24.9 Å². The highest BCUT2D eigenvalue weighted by atomic mass is 35.5. The van der Waals surface area contributed by atoms with E-state index in [-0.39, 0.29) is 0 Å². The van der Waals surface area contributed by atoms with E-state index in [4.69, 9.17) is 11.6 Å². The minimum atomic E-state index is 0.333. The Morgan fingerprint density at radius 1 is 1.41 bits per heavy atom. The van der Waals surface area contributed by atoms with E-state index < -0.39 is 0 Å². The Morgan fingerprint density at radius 3 is 2.82 bits per heavy atom. The summed E-state index contributed by atoms with van der Waals surface area (Å²) in [4.78, 5) is 6.91. The molecule has 0 spiro atoms. The maximum atomic E-state index is 5.93. The van der Waals surface area contributed by atoms with E-state index in [9.17, 15) is 0 Å². The minimum absolute atomic E-state index is 0.333. The largest absolute Gasteiger partial charge is 0.304 e. The van der Waals surface area contributed by atoms with Crippen LogP contribution in [0.3, 0.4) is 0 Å². The van der Waals surface area contributed by atoms with E-state index in [0.717, 1.165) is 17.3 Å². The summed E-state index contributed by atoms with van der Waals surface area (Å²) >= 11 is 9.34. The van der Waals surface area contributed by atoms with Crippen molar-refractivity contribution in [3.8, 4) is 0 Å². The molecule has 2 nitrogen and oxygen atoms in total. The molecule has 2 heterocycles. The second-order valence-electron chi connectivity index (χ2n) is 3.82. The zero-order valence-electron chi connectivity index (χ0n) is 9.87. The van der Waals surface area contributed by atoms with Gasteiger partial charge in [0.05, 0.1) is 9.34 Å². The maximum absolute atomic E-state index is 5.93. The summed E-state index contributed by atoms with van der Waals surface area (Å²) in [6.45, 7) is 5.16. The number of halogens is 1. The number of nitrogens with zero attached hydrogens (tertiary/aromatic N) is 1. The molecule has 2 aromatic heterocycles. The first-order chi connectivity index (χ1) is 8.19. The molecule has 1 atom stereocenters. The van der Waals surface area contributed by atoms with Crippen LogP contribution in [0.15, 0.2) is 18.3 Å². The lowest BCUT2D eigenvalue weighted by atomic mass is 10.3. The van der Waals surface area contributed by atoms with Crippen LogP contribution >= 0.6 is 34.3 Å². The summed E-state index contributed by atoms with van der Waals surface area (Å²) in [7, 11) is 0. The molecule has 0 bridgehead atoms. The van der Waals surface area contributed by atoms with Gasteiger partial charge in [0.15, 0.2) is 0 Å². The van der Waals surface area contributed by atoms with Crippen LogP contribution in [0, 0.1) is 0 Å². The van der Waals surface area contributed by atoms with Gasteiger partial charge in [-0.1, -0.05) is 18.5 Å². The van der Waals surface area contributed by atoms with Crippen molar-refractivity contribution in [1.82, 2.24) is 10.3 Å². The molecule has 0 aliphatic rings. The van der Waals surface area contributed by atoms with Crippen LogP contribution in [0.5, 0.6) is 0 Å². The van der Waals surface area contributed by atoms with Crippen LogP contribution in [0.25, 0.3) is 0 Å². The van der Waals surface area contributed by atoms with Crippen LogP contribution in [0.2, 0.25) is 4.34 Å². The molecule has 0 amide bonds. The summed E-state index contributed by atoms with van der Waals surface area (Å²) in [5.41, 5.74) is 0. The van der Waals surface area contributed by atoms with Crippen molar-refractivity contribution >= 4 is 34.3 Å². The van der Waals surface area contributed by atoms with Gasteiger partial charge in [-0.25, -0.2) is 4.98 Å². The molecule has 5 heteroatoms. The standard InChI is InChI=1S/C12H15ClN2S2/c1-3-12-15-7-9(16-12)6-14-8(2)10-4-5-11(13)17-10/h4-5,7-8,14H,3,6H2,1-2H3. The van der Waals surface area contributed by atoms with Crippen LogP contribution < -0.4 is 5.32 Å². The zero-order valence-corrected chi connectivity index (χ0v) is 12.3. The van der Waals surface area contributed by atoms with E-state index in [1.165, 1.54) is 14.8 Å². The average molecular weight is 287 g/mol. The Labute approximate surface area is 115 Å². The molecule has 1 N–H and O–H groups in total. The first-order valence-corrected chi connectivity index (χ1v) is 7.62. The maximum Gasteiger partial charge on any atom is 0.0931 e. The smallest absolute Gasteiger partial charge is 0.0931 e. The SMILES string of the molecule is CCc1ncc(CNC(C)c2ccc(Cl)s2)s1. The molecule has 0 saturated carbocycles. The highest BCUT2D eigenvalue weighted by molar-refractivity contribution is 7.16. The molecular formula is C12H15ClN2S2. The molecule has 0 fully saturated rings. The molecule has 0 aliphatic carbocycles. The van der Waals surface area contributed by atoms with Crippen molar-refractivity contribution in [2.45, 2.75) is 32.9 Å². The summed E-state index contributed by atoms with van der Waals surface area (Å²) < 4.78 is 0.847. The Kier molecular flexibility index (Phi) is 4.56. The van der Waals surface area contributed by atoms with Crippen molar-refractivity contribution in [3.05, 3.63) is 37.4 Å². The van der Waals surface area contributed by atoms with E-state index >= 15 is 0 Å². The third-order valence-electron chi connectivity index (χ3n) is 2.51. The van der Waals surface area contributed by atoms with Crippen molar-refractivity contribution in [2.24, 2.45) is 0 Å². The molecule has 1 unspecified atom stereocenters. The monoisotopic (exact) mass is 286 g/mol. The minimum Gasteiger partial charge on any atom is -0.304 e. The molecule has 2 rings (SSSR count). The number of nitrogens with one attached hydrogen (secondary N) is 1. The molecule has 0 aromatic carbocycles. The van der Waals surface area contributed by atoms with E-state index in [1.54, 1.807) is 22.7 Å². The number of aryl methyl sites for hydroxylation is 1. The first-order valence-electron chi connectivity index (χ1n) is 5.61. The predicted molar refractivity (Wildman–Crippen MR) is 76.1 cm³/mol. The molecule has 0 radical (unpaired) electrons. The number of aromatic nitrogens is 1. The average Bonchev–Trinajstić information content (AvgIpc) is 2.94. The van der Waals surface area contributed by atoms with Crippen molar-refractivity contribution in [2.75, 3.05) is 0 Å². The zero-order chi connectivity index (χ0) is 12.3. The normalized spacial score (nSPS) is 12.9. The Morgan fingerprint density at radius 2 is 2.24 bits per heavy atom. The highest BCUT2D eigenvalue weighted by Gasteiger charge is 2.08. The van der Waals surface area contributed by atoms with Gasteiger partial charge in [-0.05, 0) is 25.5 Å². The molecule has 92 valence electrons. The third kappa shape index (κ3) is 3.52. The fraction of sp³-hybridized carbons (Fsp3) is 0.417. The van der Waals surface area contributed by atoms with Crippen LogP contribution in [0.4, 0.5) is 0 Å². The summed E-state index contributed by atoms with van der Waals surface area (Å²) in [6, 6.07) is 4.36. The Bertz CT molecular complexity index is 478. The first kappa shape index (κ1) is 13.0. The summed E-state index contributed by atoms with van der Waals surface area (Å²) in [5, 5.41) is 4.69. The van der Waals surface area contributed by atoms with E-state index in [0.29, 0.717) is 6.04 Å². The van der Waals surface area contributed by atoms with E-state index in [1.807, 2.05) is 12.3 Å². The number of hydrogen-bond donors (Lipinski definition) is 1. The van der Waals surface area contributed by atoms with Gasteiger partial charge in [0.2, 0.25) is 0 Å². The van der Waals surface area contributed by atoms with Crippen molar-refractivity contribution in [3.63, 3.8) is 0 Å². The molecule has 17 heavy (non-hydrogen) atoms. The fourth-order valence-electron chi connectivity index (χ4n) is 1.51. The van der Waals surface area contributed by atoms with Gasteiger partial charge in [0.1, 0.15) is 0 Å². The number of rotatable bonds is 5. The van der Waals surface area contributed by atoms with Crippen molar-refractivity contribution < 1.29 is 0 Å². The Hall–Kier alpha value is -0.420. The molecule has 0 aliphatic heterocycles. The number of thiophene rings is 1. The van der Waals surface area contributed by atoms with Gasteiger partial charge in [-0.2, -0.15) is 0 Å². The van der Waals surface area contributed by atoms with Gasteiger partial charge in [0, 0.05) is 28.5 Å². The van der Waals surface area contributed by atoms with Crippen LogP contribution in [-0.2, 0) is 13.0 Å². The molecular weight excluding hydrogens is 272 g/mol. The third-order valence-corrected chi connectivity index (χ3v) is 5.06. The fourth-order valence-corrected chi connectivity index (χ4v) is 3.41. The lowest BCUT2D eigenvalue weighted by Gasteiger charge is -2.10. The Balaban J connectivity index is 1.89. The van der Waals surface area contributed by atoms with Gasteiger partial charge < -0.3 is 5.32 Å². The predicted octanol–water partition coefficient (Wildman–Crippen LogP) is 4.27. The quantitative estimate of drug-likeness (QED) is 0.888. The van der Waals surface area contributed by atoms with Gasteiger partial charge in [-0.3, -0.25) is 0 Å². The van der Waals surface area contributed by atoms with E-state index in [2.05, 4.69) is 30.2 Å². The number of thiazole rings is 1. The molecule has 0 saturated heterocycles. The summed E-state index contributed by atoms with van der Waals surface area (Å²) in [6.07, 6.45) is 2.98. The summed E-state index contributed by atoms with van der Waals surface area (Å²) in [5.74, 6) is 0. The van der Waals surface area contributed by atoms with Gasteiger partial charge in [-0.15, -0.1) is 22.7 Å². The molecule has 2 aromatic rings.